The van der Waals surface area contributed by atoms with E-state index in [1.165, 1.54) is 0 Å². The van der Waals surface area contributed by atoms with Crippen molar-refractivity contribution in [1.29, 1.82) is 0 Å². The van der Waals surface area contributed by atoms with Gasteiger partial charge in [0, 0.05) is 47.0 Å². The van der Waals surface area contributed by atoms with Gasteiger partial charge >= 0.3 is 12.1 Å². The number of halogens is 2. The summed E-state index contributed by atoms with van der Waals surface area (Å²) < 4.78 is 25.8. The molecule has 0 bridgehead atoms. The summed E-state index contributed by atoms with van der Waals surface area (Å²) in [5, 5.41) is 10.0. The van der Waals surface area contributed by atoms with Gasteiger partial charge in [-0.2, -0.15) is 5.10 Å². The van der Waals surface area contributed by atoms with E-state index in [0.29, 0.717) is 50.0 Å². The van der Waals surface area contributed by atoms with Crippen LogP contribution in [0.15, 0.2) is 60.7 Å². The third-order valence-electron chi connectivity index (χ3n) is 8.92. The lowest BCUT2D eigenvalue weighted by molar-refractivity contribution is 0.0294. The first-order valence-corrected chi connectivity index (χ1v) is 19.8. The summed E-state index contributed by atoms with van der Waals surface area (Å²) in [6, 6.07) is 19.7. The molecule has 2 aromatic heterocycles. The maximum atomic E-state index is 14.0. The Hall–Kier alpha value is -4.48. The Labute approximate surface area is 331 Å². The van der Waals surface area contributed by atoms with E-state index in [-0.39, 0.29) is 13.2 Å². The number of hydrogen-bond acceptors (Lipinski definition) is 7. The van der Waals surface area contributed by atoms with Crippen molar-refractivity contribution in [2.24, 2.45) is 0 Å². The maximum absolute atomic E-state index is 14.0. The number of H-pyrrole nitrogens is 1. The number of nitrogens with one attached hydrogen (secondary N) is 1. The van der Waals surface area contributed by atoms with Gasteiger partial charge in [0.15, 0.2) is 0 Å². The number of esters is 1. The van der Waals surface area contributed by atoms with Crippen LogP contribution in [0.5, 0.6) is 11.5 Å². The second-order valence-electron chi connectivity index (χ2n) is 14.2. The molecule has 10 nitrogen and oxygen atoms in total. The second-order valence-corrected chi connectivity index (χ2v) is 15.2. The number of alkyl halides is 1. The van der Waals surface area contributed by atoms with Crippen molar-refractivity contribution in [3.63, 3.8) is 0 Å². The number of rotatable bonds is 16. The minimum atomic E-state index is -0.614. The average Bonchev–Trinajstić information content (AvgIpc) is 3.69. The summed E-state index contributed by atoms with van der Waals surface area (Å²) >= 11 is 10.0. The maximum Gasteiger partial charge on any atom is 0.410 e. The van der Waals surface area contributed by atoms with Crippen molar-refractivity contribution >= 4 is 50.5 Å². The van der Waals surface area contributed by atoms with Gasteiger partial charge in [-0.05, 0) is 102 Å². The monoisotopic (exact) mass is 820 g/mol. The largest absolute Gasteiger partial charge is 0.494 e. The molecule has 288 valence electrons. The topological polar surface area (TPSA) is 108 Å². The number of fused-ring (bicyclic) bond motifs is 1. The predicted octanol–water partition coefficient (Wildman–Crippen LogP) is 10.2. The lowest BCUT2D eigenvalue weighted by Crippen LogP contribution is -2.35. The minimum Gasteiger partial charge on any atom is -0.494 e. The van der Waals surface area contributed by atoms with E-state index in [1.54, 1.807) is 11.9 Å². The van der Waals surface area contributed by atoms with Gasteiger partial charge in [-0.15, -0.1) is 0 Å². The van der Waals surface area contributed by atoms with Crippen LogP contribution in [0.2, 0.25) is 5.02 Å². The van der Waals surface area contributed by atoms with Crippen LogP contribution in [-0.2, 0) is 34.4 Å². The van der Waals surface area contributed by atoms with E-state index in [2.05, 4.69) is 42.8 Å². The van der Waals surface area contributed by atoms with Gasteiger partial charge in [0.1, 0.15) is 29.4 Å². The van der Waals surface area contributed by atoms with Crippen molar-refractivity contribution in [3.8, 4) is 22.6 Å². The SMILES string of the molecule is CCOC(=O)c1c(CCCOc2cc(C)c(Cl)c(C)c2)c2cccc(-c3c(CBr)n[nH]c3COc3ccccc3)c2n1CCCN(C)C(=O)OC(C)(C)C. The Balaban J connectivity index is 1.57. The molecule has 0 spiro atoms. The summed E-state index contributed by atoms with van der Waals surface area (Å²) in [5.41, 5.74) is 6.97. The average molecular weight is 822 g/mol. The minimum absolute atomic E-state index is 0.225. The van der Waals surface area contributed by atoms with Gasteiger partial charge in [0.25, 0.3) is 0 Å². The number of carbonyl (C=O) groups is 2. The normalized spacial score (nSPS) is 11.5. The quantitative estimate of drug-likeness (QED) is 0.0600. The molecule has 0 radical (unpaired) electrons. The molecule has 2 heterocycles. The molecule has 0 saturated carbocycles. The lowest BCUT2D eigenvalue weighted by atomic mass is 9.98. The Bertz CT molecular complexity index is 2050. The van der Waals surface area contributed by atoms with E-state index in [9.17, 15) is 9.59 Å². The number of aromatic nitrogens is 3. The zero-order valence-electron chi connectivity index (χ0n) is 32.2. The molecule has 3 aromatic carbocycles. The van der Waals surface area contributed by atoms with Crippen LogP contribution >= 0.6 is 27.5 Å². The highest BCUT2D eigenvalue weighted by Gasteiger charge is 2.28. The van der Waals surface area contributed by atoms with Crippen LogP contribution < -0.4 is 9.47 Å². The molecule has 0 fully saturated rings. The number of aromatic amines is 1. The number of carbonyl (C=O) groups excluding carboxylic acids is 2. The summed E-state index contributed by atoms with van der Waals surface area (Å²) in [5.74, 6) is 1.10. The Morgan fingerprint density at radius 1 is 0.981 bits per heavy atom. The molecular formula is C42H50BrClN4O6. The molecule has 0 aliphatic rings. The van der Waals surface area contributed by atoms with Crippen LogP contribution in [-0.4, -0.2) is 64.1 Å². The number of para-hydroxylation sites is 2. The van der Waals surface area contributed by atoms with E-state index in [0.717, 1.165) is 66.6 Å². The molecule has 0 aliphatic heterocycles. The number of amides is 1. The van der Waals surface area contributed by atoms with Gasteiger partial charge in [-0.3, -0.25) is 5.10 Å². The fraction of sp³-hybridized carbons (Fsp3) is 0.405. The van der Waals surface area contributed by atoms with Crippen LogP contribution in [0.4, 0.5) is 4.79 Å². The molecule has 0 saturated heterocycles. The Morgan fingerprint density at radius 3 is 2.37 bits per heavy atom. The van der Waals surface area contributed by atoms with E-state index in [1.807, 2.05) is 90.1 Å². The number of ether oxygens (including phenoxy) is 4. The van der Waals surface area contributed by atoms with Crippen molar-refractivity contribution in [1.82, 2.24) is 19.7 Å². The van der Waals surface area contributed by atoms with Crippen LogP contribution in [0.1, 0.15) is 79.1 Å². The number of aryl methyl sites for hydroxylation is 4. The molecule has 5 rings (SSSR count). The van der Waals surface area contributed by atoms with Gasteiger partial charge in [0.2, 0.25) is 0 Å². The van der Waals surface area contributed by atoms with Gasteiger partial charge < -0.3 is 28.4 Å². The fourth-order valence-corrected chi connectivity index (χ4v) is 7.04. The molecule has 1 N–H and O–H groups in total. The highest BCUT2D eigenvalue weighted by molar-refractivity contribution is 9.08. The van der Waals surface area contributed by atoms with Crippen molar-refractivity contribution in [3.05, 3.63) is 99.5 Å². The molecule has 1 amide bonds. The second kappa shape index (κ2) is 18.2. The Morgan fingerprint density at radius 2 is 1.70 bits per heavy atom. The standard InChI is InChI=1S/C42H50BrClN4O6/c1-8-51-40(49)39-32(19-13-22-52-30-23-27(2)37(44)28(3)24-30)31-17-12-18-33(38(31)48(39)21-14-20-47(7)41(50)54-42(4,5)6)36-34(25-43)45-46-35(36)26-53-29-15-10-9-11-16-29/h9-12,15-18,23-24H,8,13-14,19-22,25-26H2,1-7H3,(H,45,46). The van der Waals surface area contributed by atoms with Crippen LogP contribution in [0.3, 0.4) is 0 Å². The van der Waals surface area contributed by atoms with Crippen molar-refractivity contribution in [2.45, 2.75) is 84.9 Å². The molecule has 5 aromatic rings. The highest BCUT2D eigenvalue weighted by Crippen LogP contribution is 2.39. The van der Waals surface area contributed by atoms with Crippen LogP contribution in [0.25, 0.3) is 22.0 Å². The molecule has 0 unspecified atom stereocenters. The lowest BCUT2D eigenvalue weighted by Gasteiger charge is -2.24. The predicted molar refractivity (Wildman–Crippen MR) is 217 cm³/mol. The Kier molecular flexibility index (Phi) is 13.7. The van der Waals surface area contributed by atoms with E-state index < -0.39 is 17.7 Å². The number of nitrogens with zero attached hydrogens (tertiary/aromatic N) is 3. The highest BCUT2D eigenvalue weighted by atomic mass is 79.9. The van der Waals surface area contributed by atoms with Gasteiger partial charge in [0.05, 0.1) is 30.1 Å². The third kappa shape index (κ3) is 9.78. The van der Waals surface area contributed by atoms with Crippen LogP contribution in [0, 0.1) is 13.8 Å². The molecule has 0 aliphatic carbocycles. The van der Waals surface area contributed by atoms with E-state index in [4.69, 9.17) is 30.5 Å². The van der Waals surface area contributed by atoms with Crippen molar-refractivity contribution in [2.75, 3.05) is 26.8 Å². The molecule has 0 atom stereocenters. The molecule has 12 heteroatoms. The van der Waals surface area contributed by atoms with Gasteiger partial charge in [-0.25, -0.2) is 9.59 Å². The molecule has 54 heavy (non-hydrogen) atoms. The first-order valence-electron chi connectivity index (χ1n) is 18.3. The summed E-state index contributed by atoms with van der Waals surface area (Å²) in [6.07, 6.45) is 1.36. The number of hydrogen-bond donors (Lipinski definition) is 1. The molecular weight excluding hydrogens is 772 g/mol. The summed E-state index contributed by atoms with van der Waals surface area (Å²) in [4.78, 5) is 28.4. The first-order chi connectivity index (χ1) is 25.8. The first kappa shape index (κ1) is 40.7. The number of benzene rings is 3. The van der Waals surface area contributed by atoms with Crippen molar-refractivity contribution < 1.29 is 28.5 Å². The fourth-order valence-electron chi connectivity index (χ4n) is 6.53. The zero-order valence-corrected chi connectivity index (χ0v) is 34.5. The summed E-state index contributed by atoms with van der Waals surface area (Å²) in [6.45, 7) is 13.0. The smallest absolute Gasteiger partial charge is 0.410 e. The third-order valence-corrected chi connectivity index (χ3v) is 10.1. The van der Waals surface area contributed by atoms with E-state index >= 15 is 0 Å². The van der Waals surface area contributed by atoms with Gasteiger partial charge in [-0.1, -0.05) is 63.9 Å². The summed E-state index contributed by atoms with van der Waals surface area (Å²) in [7, 11) is 1.72. The zero-order chi connectivity index (χ0) is 39.0.